The molecule has 1 heterocycles. The van der Waals surface area contributed by atoms with E-state index in [1.54, 1.807) is 25.5 Å². The molecule has 0 spiro atoms. The minimum absolute atomic E-state index is 0.0399. The van der Waals surface area contributed by atoms with E-state index in [9.17, 15) is 9.59 Å². The monoisotopic (exact) mass is 236 g/mol. The maximum atomic E-state index is 11.8. The molecule has 5 heteroatoms. The van der Waals surface area contributed by atoms with Gasteiger partial charge in [-0.15, -0.1) is 0 Å². The second-order valence-electron chi connectivity index (χ2n) is 3.59. The number of amides is 1. The molecule has 0 unspecified atom stereocenters. The van der Waals surface area contributed by atoms with Crippen molar-refractivity contribution in [1.82, 2.24) is 4.98 Å². The van der Waals surface area contributed by atoms with Gasteiger partial charge in [-0.3, -0.25) is 14.6 Å². The van der Waals surface area contributed by atoms with Crippen molar-refractivity contribution in [2.24, 2.45) is 0 Å². The van der Waals surface area contributed by atoms with Crippen LogP contribution in [0.3, 0.4) is 0 Å². The van der Waals surface area contributed by atoms with Crippen LogP contribution in [0, 0.1) is 0 Å². The zero-order valence-electron chi connectivity index (χ0n) is 10.0. The third-order valence-corrected chi connectivity index (χ3v) is 2.41. The molecule has 92 valence electrons. The second kappa shape index (κ2) is 6.62. The number of aromatic nitrogens is 1. The average Bonchev–Trinajstić information content (AvgIpc) is 2.38. The van der Waals surface area contributed by atoms with E-state index < -0.39 is 0 Å². The van der Waals surface area contributed by atoms with E-state index in [-0.39, 0.29) is 18.3 Å². The van der Waals surface area contributed by atoms with Gasteiger partial charge in [-0.05, 0) is 18.6 Å². The normalized spacial score (nSPS) is 9.76. The van der Waals surface area contributed by atoms with Crippen LogP contribution in [0.1, 0.15) is 19.3 Å². The average molecular weight is 236 g/mol. The van der Waals surface area contributed by atoms with Crippen molar-refractivity contribution in [3.05, 3.63) is 24.5 Å². The largest absolute Gasteiger partial charge is 0.469 e. The van der Waals surface area contributed by atoms with Crippen molar-refractivity contribution in [1.29, 1.82) is 0 Å². The molecule has 0 N–H and O–H groups in total. The van der Waals surface area contributed by atoms with Crippen LogP contribution in [0.5, 0.6) is 0 Å². The lowest BCUT2D eigenvalue weighted by atomic mass is 10.2. The Labute approximate surface area is 100 Å². The Bertz CT molecular complexity index is 379. The lowest BCUT2D eigenvalue weighted by Crippen LogP contribution is -2.26. The molecule has 0 fully saturated rings. The zero-order chi connectivity index (χ0) is 12.7. The molecule has 0 saturated carbocycles. The van der Waals surface area contributed by atoms with E-state index in [4.69, 9.17) is 0 Å². The van der Waals surface area contributed by atoms with E-state index in [0.29, 0.717) is 12.8 Å². The maximum Gasteiger partial charge on any atom is 0.305 e. The molecule has 0 aliphatic rings. The summed E-state index contributed by atoms with van der Waals surface area (Å²) in [6, 6.07) is 3.58. The van der Waals surface area contributed by atoms with Crippen LogP contribution in [0.2, 0.25) is 0 Å². The number of esters is 1. The van der Waals surface area contributed by atoms with Crippen LogP contribution in [-0.2, 0) is 14.3 Å². The molecule has 5 nitrogen and oxygen atoms in total. The molecule has 0 atom stereocenters. The first-order chi connectivity index (χ1) is 8.15. The SMILES string of the molecule is COC(=O)CCCC(=O)N(C)c1cccnc1. The highest BCUT2D eigenvalue weighted by molar-refractivity contribution is 5.92. The summed E-state index contributed by atoms with van der Waals surface area (Å²) in [7, 11) is 3.03. The summed E-state index contributed by atoms with van der Waals surface area (Å²) in [4.78, 5) is 28.1. The summed E-state index contributed by atoms with van der Waals surface area (Å²) >= 11 is 0. The summed E-state index contributed by atoms with van der Waals surface area (Å²) in [5.41, 5.74) is 0.746. The summed E-state index contributed by atoms with van der Waals surface area (Å²) in [6.07, 6.45) is 4.36. The number of hydrogen-bond donors (Lipinski definition) is 0. The van der Waals surface area contributed by atoms with Gasteiger partial charge in [-0.1, -0.05) is 0 Å². The molecule has 0 bridgehead atoms. The molecule has 0 radical (unpaired) electrons. The Morgan fingerprint density at radius 3 is 2.76 bits per heavy atom. The first kappa shape index (κ1) is 13.2. The van der Waals surface area contributed by atoms with Crippen LogP contribution >= 0.6 is 0 Å². The Morgan fingerprint density at radius 1 is 1.41 bits per heavy atom. The highest BCUT2D eigenvalue weighted by atomic mass is 16.5. The lowest BCUT2D eigenvalue weighted by molar-refractivity contribution is -0.140. The van der Waals surface area contributed by atoms with Crippen molar-refractivity contribution < 1.29 is 14.3 Å². The first-order valence-electron chi connectivity index (χ1n) is 5.38. The standard InChI is InChI=1S/C12H16N2O3/c1-14(10-5-4-8-13-9-10)11(15)6-3-7-12(16)17-2/h4-5,8-9H,3,6-7H2,1-2H3. The van der Waals surface area contributed by atoms with E-state index in [1.165, 1.54) is 12.0 Å². The van der Waals surface area contributed by atoms with E-state index in [0.717, 1.165) is 5.69 Å². The molecule has 17 heavy (non-hydrogen) atoms. The van der Waals surface area contributed by atoms with Crippen molar-refractivity contribution >= 4 is 17.6 Å². The number of carbonyl (C=O) groups excluding carboxylic acids is 2. The highest BCUT2D eigenvalue weighted by Gasteiger charge is 2.11. The topological polar surface area (TPSA) is 59.5 Å². The van der Waals surface area contributed by atoms with Crippen molar-refractivity contribution in [3.63, 3.8) is 0 Å². The van der Waals surface area contributed by atoms with Crippen molar-refractivity contribution in [2.75, 3.05) is 19.1 Å². The fourth-order valence-electron chi connectivity index (χ4n) is 1.35. The molecule has 1 aromatic rings. The minimum Gasteiger partial charge on any atom is -0.469 e. The van der Waals surface area contributed by atoms with Gasteiger partial charge >= 0.3 is 5.97 Å². The Balaban J connectivity index is 2.40. The number of pyridine rings is 1. The number of carbonyl (C=O) groups is 2. The third kappa shape index (κ3) is 4.22. The van der Waals surface area contributed by atoms with E-state index in [1.807, 2.05) is 6.07 Å². The Hall–Kier alpha value is -1.91. The number of nitrogens with zero attached hydrogens (tertiary/aromatic N) is 2. The molecule has 0 aliphatic heterocycles. The summed E-state index contributed by atoms with van der Waals surface area (Å²) in [5, 5.41) is 0. The van der Waals surface area contributed by atoms with Gasteiger partial charge in [-0.25, -0.2) is 0 Å². The molecule has 1 rings (SSSR count). The predicted molar refractivity (Wildman–Crippen MR) is 63.5 cm³/mol. The van der Waals surface area contributed by atoms with Crippen LogP contribution < -0.4 is 4.90 Å². The van der Waals surface area contributed by atoms with Crippen molar-refractivity contribution in [3.8, 4) is 0 Å². The number of rotatable bonds is 5. The third-order valence-electron chi connectivity index (χ3n) is 2.41. The smallest absolute Gasteiger partial charge is 0.305 e. The van der Waals surface area contributed by atoms with E-state index in [2.05, 4.69) is 9.72 Å². The van der Waals surface area contributed by atoms with Gasteiger partial charge in [0.2, 0.25) is 5.91 Å². The minimum atomic E-state index is -0.290. The maximum absolute atomic E-state index is 11.8. The molecule has 1 amide bonds. The second-order valence-corrected chi connectivity index (χ2v) is 3.59. The van der Waals surface area contributed by atoms with Gasteiger partial charge in [0, 0.05) is 26.1 Å². The Kier molecular flexibility index (Phi) is 5.13. The van der Waals surface area contributed by atoms with Crippen LogP contribution in [-0.4, -0.2) is 31.0 Å². The van der Waals surface area contributed by atoms with Crippen molar-refractivity contribution in [2.45, 2.75) is 19.3 Å². The zero-order valence-corrected chi connectivity index (χ0v) is 10.0. The van der Waals surface area contributed by atoms with Gasteiger partial charge in [0.05, 0.1) is 19.0 Å². The molecular formula is C12H16N2O3. The Morgan fingerprint density at radius 2 is 2.18 bits per heavy atom. The number of methoxy groups -OCH3 is 1. The van der Waals surface area contributed by atoms with Gasteiger partial charge in [-0.2, -0.15) is 0 Å². The van der Waals surface area contributed by atoms with Gasteiger partial charge in [0.1, 0.15) is 0 Å². The number of anilines is 1. The van der Waals surface area contributed by atoms with Gasteiger partial charge < -0.3 is 9.64 Å². The number of hydrogen-bond acceptors (Lipinski definition) is 4. The van der Waals surface area contributed by atoms with Gasteiger partial charge in [0.25, 0.3) is 0 Å². The quantitative estimate of drug-likeness (QED) is 0.725. The fourth-order valence-corrected chi connectivity index (χ4v) is 1.35. The van der Waals surface area contributed by atoms with Gasteiger partial charge in [0.15, 0.2) is 0 Å². The molecule has 0 aliphatic carbocycles. The molecule has 0 saturated heterocycles. The lowest BCUT2D eigenvalue weighted by Gasteiger charge is -2.16. The van der Waals surface area contributed by atoms with E-state index >= 15 is 0 Å². The predicted octanol–water partition coefficient (Wildman–Crippen LogP) is 1.39. The van der Waals surface area contributed by atoms with Crippen LogP contribution in [0.25, 0.3) is 0 Å². The van der Waals surface area contributed by atoms with Crippen LogP contribution in [0.4, 0.5) is 5.69 Å². The molecular weight excluding hydrogens is 220 g/mol. The number of ether oxygens (including phenoxy) is 1. The summed E-state index contributed by atoms with van der Waals surface area (Å²) in [6.45, 7) is 0. The first-order valence-corrected chi connectivity index (χ1v) is 5.38. The fraction of sp³-hybridized carbons (Fsp3) is 0.417. The summed E-state index contributed by atoms with van der Waals surface area (Å²) in [5.74, 6) is -0.330. The molecule has 1 aromatic heterocycles. The van der Waals surface area contributed by atoms with Crippen LogP contribution in [0.15, 0.2) is 24.5 Å². The highest BCUT2D eigenvalue weighted by Crippen LogP contribution is 2.11. The molecule has 0 aromatic carbocycles. The summed E-state index contributed by atoms with van der Waals surface area (Å²) < 4.78 is 4.50.